The smallest absolute Gasteiger partial charge is 0.325 e. The molecule has 3 aromatic rings. The minimum absolute atomic E-state index is 0.151. The van der Waals surface area contributed by atoms with Crippen molar-refractivity contribution in [2.75, 3.05) is 11.2 Å². The molecule has 1 atom stereocenters. The number of aromatic amines is 1. The Hall–Kier alpha value is -2.69. The summed E-state index contributed by atoms with van der Waals surface area (Å²) in [6.07, 6.45) is 1.21. The molecule has 0 radical (unpaired) electrons. The number of anilines is 1. The van der Waals surface area contributed by atoms with Crippen molar-refractivity contribution in [2.24, 2.45) is 0 Å². The van der Waals surface area contributed by atoms with E-state index in [-0.39, 0.29) is 35.8 Å². The number of hydrogen-bond donors (Lipinski definition) is 1. The molecule has 1 aliphatic heterocycles. The molecule has 34 heavy (non-hydrogen) atoms. The first-order valence-corrected chi connectivity index (χ1v) is 12.9. The Morgan fingerprint density at radius 3 is 2.68 bits per heavy atom. The van der Waals surface area contributed by atoms with Crippen molar-refractivity contribution in [3.8, 4) is 17.0 Å². The van der Waals surface area contributed by atoms with Crippen LogP contribution in [-0.2, 0) is 9.59 Å². The van der Waals surface area contributed by atoms with E-state index < -0.39 is 12.1 Å². The minimum Gasteiger partial charge on any atom is -0.425 e. The molecule has 11 heteroatoms. The first kappa shape index (κ1) is 24.4. The lowest BCUT2D eigenvalue weighted by molar-refractivity contribution is -0.763. The second-order valence-electron chi connectivity index (χ2n) is 7.40. The molecule has 176 valence electrons. The number of rotatable bonds is 5. The number of carbonyl (C=O) groups excluding carboxylic acids is 2. The summed E-state index contributed by atoms with van der Waals surface area (Å²) in [5.74, 6) is -0.448. The number of H-pyrrole nitrogens is 1. The standard InChI is InChI=1S/C23H20BrClN4O4S/c1-4-17(30)28-16-9-7-6-8-13(16)19-21(32)26-23(34-3)27-29(19)22(28)14-10-12(25)11-15(24)20(14)33-18(31)5-2/h6-11,22H,4-5H2,1-3H3/p+1/t22-/m1/s1. The summed E-state index contributed by atoms with van der Waals surface area (Å²) in [6.45, 7) is 3.44. The lowest BCUT2D eigenvalue weighted by Gasteiger charge is -2.32. The van der Waals surface area contributed by atoms with Crippen LogP contribution >= 0.6 is 39.3 Å². The molecule has 0 fully saturated rings. The Balaban J connectivity index is 2.12. The van der Waals surface area contributed by atoms with E-state index in [4.69, 9.17) is 16.3 Å². The largest absolute Gasteiger partial charge is 0.425 e. The van der Waals surface area contributed by atoms with Gasteiger partial charge in [0, 0.05) is 23.0 Å². The molecule has 1 N–H and O–H groups in total. The summed E-state index contributed by atoms with van der Waals surface area (Å²) in [6, 6.07) is 10.4. The number of nitrogens with one attached hydrogen (secondary N) is 1. The maximum Gasteiger partial charge on any atom is 0.325 e. The predicted molar refractivity (Wildman–Crippen MR) is 133 cm³/mol. The number of fused-ring (bicyclic) bond motifs is 3. The molecule has 0 saturated carbocycles. The number of esters is 1. The Morgan fingerprint density at radius 2 is 2.00 bits per heavy atom. The minimum atomic E-state index is -0.930. The van der Waals surface area contributed by atoms with Gasteiger partial charge in [-0.1, -0.05) is 49.3 Å². The Kier molecular flexibility index (Phi) is 7.11. The van der Waals surface area contributed by atoms with Crippen molar-refractivity contribution in [1.82, 2.24) is 10.1 Å². The highest BCUT2D eigenvalue weighted by Crippen LogP contribution is 2.43. The molecular weight excluding hydrogens is 544 g/mol. The van der Waals surface area contributed by atoms with Gasteiger partial charge in [0.2, 0.25) is 11.1 Å². The number of amides is 1. The molecule has 0 unspecified atom stereocenters. The van der Waals surface area contributed by atoms with Crippen LogP contribution < -0.4 is 19.9 Å². The monoisotopic (exact) mass is 563 g/mol. The summed E-state index contributed by atoms with van der Waals surface area (Å²) in [5, 5.41) is 5.38. The highest BCUT2D eigenvalue weighted by atomic mass is 79.9. The summed E-state index contributed by atoms with van der Waals surface area (Å²) in [7, 11) is 0. The van der Waals surface area contributed by atoms with E-state index in [1.165, 1.54) is 16.4 Å². The van der Waals surface area contributed by atoms with Gasteiger partial charge >= 0.3 is 17.2 Å². The number of halogens is 2. The van der Waals surface area contributed by atoms with Crippen LogP contribution in [0.25, 0.3) is 11.3 Å². The van der Waals surface area contributed by atoms with E-state index in [9.17, 15) is 14.4 Å². The van der Waals surface area contributed by atoms with E-state index >= 15 is 0 Å². The molecule has 4 rings (SSSR count). The number of hydrogen-bond acceptors (Lipinski definition) is 6. The van der Waals surface area contributed by atoms with Gasteiger partial charge in [-0.05, 0) is 51.1 Å². The Morgan fingerprint density at radius 1 is 1.26 bits per heavy atom. The summed E-state index contributed by atoms with van der Waals surface area (Å²) in [5.41, 5.74) is 1.45. The van der Waals surface area contributed by atoms with Crippen molar-refractivity contribution in [1.29, 1.82) is 0 Å². The summed E-state index contributed by atoms with van der Waals surface area (Å²) >= 11 is 11.1. The van der Waals surface area contributed by atoms with Crippen LogP contribution in [0.5, 0.6) is 5.75 Å². The number of carbonyl (C=O) groups is 2. The van der Waals surface area contributed by atoms with Crippen LogP contribution in [0.4, 0.5) is 5.69 Å². The van der Waals surface area contributed by atoms with E-state index in [2.05, 4.69) is 26.0 Å². The van der Waals surface area contributed by atoms with Gasteiger partial charge in [-0.3, -0.25) is 19.4 Å². The van der Waals surface area contributed by atoms with Crippen molar-refractivity contribution in [3.63, 3.8) is 0 Å². The van der Waals surface area contributed by atoms with Crippen LogP contribution in [0.2, 0.25) is 5.02 Å². The highest BCUT2D eigenvalue weighted by molar-refractivity contribution is 9.10. The summed E-state index contributed by atoms with van der Waals surface area (Å²) < 4.78 is 7.61. The van der Waals surface area contributed by atoms with Gasteiger partial charge in [-0.2, -0.15) is 0 Å². The number of nitrogens with zero attached hydrogens (tertiary/aromatic N) is 3. The molecule has 1 aliphatic rings. The van der Waals surface area contributed by atoms with Gasteiger partial charge in [0.15, 0.2) is 5.75 Å². The molecule has 8 nitrogen and oxygen atoms in total. The van der Waals surface area contributed by atoms with Crippen LogP contribution in [0.15, 0.2) is 50.8 Å². The first-order valence-electron chi connectivity index (χ1n) is 10.5. The third-order valence-electron chi connectivity index (χ3n) is 5.34. The average molecular weight is 565 g/mol. The van der Waals surface area contributed by atoms with E-state index in [1.807, 2.05) is 0 Å². The van der Waals surface area contributed by atoms with Gasteiger partial charge in [0.05, 0.1) is 21.3 Å². The van der Waals surface area contributed by atoms with Gasteiger partial charge in [-0.15, -0.1) is 0 Å². The quantitative estimate of drug-likeness (QED) is 0.212. The zero-order valence-corrected chi connectivity index (χ0v) is 21.8. The molecule has 2 heterocycles. The van der Waals surface area contributed by atoms with Crippen LogP contribution in [-0.4, -0.2) is 28.2 Å². The van der Waals surface area contributed by atoms with Gasteiger partial charge in [0.1, 0.15) is 0 Å². The lowest BCUT2D eigenvalue weighted by atomic mass is 10.0. The fraction of sp³-hybridized carbons (Fsp3) is 0.261. The second-order valence-corrected chi connectivity index (χ2v) is 9.48. The van der Waals surface area contributed by atoms with Crippen molar-refractivity contribution >= 4 is 56.9 Å². The molecule has 0 bridgehead atoms. The fourth-order valence-corrected chi connectivity index (χ4v) is 5.13. The lowest BCUT2D eigenvalue weighted by Crippen LogP contribution is -2.61. The van der Waals surface area contributed by atoms with Gasteiger partial charge in [0.25, 0.3) is 6.17 Å². The van der Waals surface area contributed by atoms with Crippen molar-refractivity contribution in [2.45, 2.75) is 38.0 Å². The first-order chi connectivity index (χ1) is 16.3. The van der Waals surface area contributed by atoms with E-state index in [0.29, 0.717) is 31.5 Å². The molecule has 1 amide bonds. The Bertz CT molecular complexity index is 1360. The SMILES string of the molecule is CCC(=O)Oc1c(Br)cc(Cl)cc1[C@@H]1N(C(=O)CC)c2ccccc2-c2c(=O)[nH]c(SC)n[n+]21. The van der Waals surface area contributed by atoms with Crippen molar-refractivity contribution in [3.05, 3.63) is 61.8 Å². The third kappa shape index (κ3) is 4.25. The van der Waals surface area contributed by atoms with Gasteiger partial charge < -0.3 is 4.74 Å². The Labute approximate surface area is 213 Å². The number of ether oxygens (including phenoxy) is 1. The highest BCUT2D eigenvalue weighted by Gasteiger charge is 2.47. The molecule has 1 aromatic heterocycles. The maximum absolute atomic E-state index is 13.4. The normalized spacial score (nSPS) is 14.4. The number of benzene rings is 2. The topological polar surface area (TPSA) is 96.2 Å². The molecular formula is C23H21BrClN4O4S+. The molecule has 2 aromatic carbocycles. The third-order valence-corrected chi connectivity index (χ3v) is 6.72. The molecule has 0 aliphatic carbocycles. The molecule has 0 saturated heterocycles. The number of thioether (sulfide) groups is 1. The van der Waals surface area contributed by atoms with Gasteiger partial charge in [-0.25, -0.2) is 4.90 Å². The second kappa shape index (κ2) is 9.89. The summed E-state index contributed by atoms with van der Waals surface area (Å²) in [4.78, 5) is 43.2. The van der Waals surface area contributed by atoms with E-state index in [1.54, 1.807) is 61.4 Å². The maximum atomic E-state index is 13.4. The zero-order chi connectivity index (χ0) is 24.6. The van der Waals surface area contributed by atoms with E-state index in [0.717, 1.165) is 0 Å². The van der Waals surface area contributed by atoms with Crippen LogP contribution in [0.1, 0.15) is 38.4 Å². The van der Waals surface area contributed by atoms with Crippen LogP contribution in [0, 0.1) is 0 Å². The number of para-hydroxylation sites is 1. The zero-order valence-electron chi connectivity index (χ0n) is 18.6. The predicted octanol–water partition coefficient (Wildman–Crippen LogP) is 4.48. The fourth-order valence-electron chi connectivity index (χ4n) is 3.85. The molecule has 0 spiro atoms. The van der Waals surface area contributed by atoms with Crippen molar-refractivity contribution < 1.29 is 19.0 Å². The average Bonchev–Trinajstić information content (AvgIpc) is 2.83. The number of aromatic nitrogens is 3. The van der Waals surface area contributed by atoms with Crippen LogP contribution in [0.3, 0.4) is 0 Å².